The quantitative estimate of drug-likeness (QED) is 0.812. The summed E-state index contributed by atoms with van der Waals surface area (Å²) in [7, 11) is 0. The molecule has 3 aliphatic rings. The van der Waals surface area contributed by atoms with Crippen LogP contribution >= 0.6 is 0 Å². The molecule has 2 N–H and O–H groups in total. The molecule has 0 bridgehead atoms. The van der Waals surface area contributed by atoms with Gasteiger partial charge < -0.3 is 10.2 Å². The Kier molecular flexibility index (Phi) is 3.09. The first kappa shape index (κ1) is 16.3. The Balaban J connectivity index is 1.60. The smallest absolute Gasteiger partial charge is 0.321 e. The number of carbonyl (C=O) groups is 2. The van der Waals surface area contributed by atoms with E-state index in [4.69, 9.17) is 0 Å². The Morgan fingerprint density at radius 3 is 2.67 bits per heavy atom. The van der Waals surface area contributed by atoms with Gasteiger partial charge in [-0.2, -0.15) is 14.0 Å². The van der Waals surface area contributed by atoms with Gasteiger partial charge in [0, 0.05) is 13.1 Å². The Labute approximate surface area is 150 Å². The molecule has 5 rings (SSSR count). The number of fused-ring (bicyclic) bond motifs is 1. The van der Waals surface area contributed by atoms with E-state index in [1.54, 1.807) is 0 Å². The lowest BCUT2D eigenvalue weighted by atomic mass is 10.0. The molecule has 1 unspecified atom stereocenters. The molecule has 3 amide bonds. The number of carbonyl (C=O) groups excluding carboxylic acids is 2. The predicted molar refractivity (Wildman–Crippen MR) is 86.1 cm³/mol. The number of amides is 3. The topological polar surface area (TPSA) is 91.6 Å². The molecule has 2 saturated heterocycles. The molecular weight excluding hydrogens is 365 g/mol. The molecule has 2 aliphatic heterocycles. The number of imidazole rings is 1. The molecule has 2 aromatic rings. The maximum Gasteiger partial charge on any atom is 0.321 e. The average Bonchev–Trinajstić information content (AvgIpc) is 3.24. The molecule has 4 heterocycles. The van der Waals surface area contributed by atoms with Gasteiger partial charge in [0.25, 0.3) is 5.92 Å². The van der Waals surface area contributed by atoms with Gasteiger partial charge in [-0.3, -0.25) is 10.1 Å². The molecular formula is C16H15F3N6O2. The van der Waals surface area contributed by atoms with E-state index in [0.717, 1.165) is 10.7 Å². The van der Waals surface area contributed by atoms with Crippen molar-refractivity contribution in [1.82, 2.24) is 25.2 Å². The Hall–Kier alpha value is -2.85. The van der Waals surface area contributed by atoms with Crippen LogP contribution in [0.5, 0.6) is 0 Å². The average molecular weight is 380 g/mol. The number of nitrogens with one attached hydrogen (secondary N) is 2. The number of urea groups is 1. The highest BCUT2D eigenvalue weighted by Gasteiger charge is 2.67. The lowest BCUT2D eigenvalue weighted by molar-refractivity contribution is -0.122. The Morgan fingerprint density at radius 2 is 2.00 bits per heavy atom. The van der Waals surface area contributed by atoms with Crippen LogP contribution in [0, 0.1) is 11.4 Å². The van der Waals surface area contributed by atoms with Crippen molar-refractivity contribution in [3.63, 3.8) is 0 Å². The van der Waals surface area contributed by atoms with Gasteiger partial charge in [0.15, 0.2) is 5.65 Å². The van der Waals surface area contributed by atoms with Gasteiger partial charge in [0.1, 0.15) is 0 Å². The number of halogens is 3. The second kappa shape index (κ2) is 5.11. The maximum atomic E-state index is 14.4. The summed E-state index contributed by atoms with van der Waals surface area (Å²) in [5.41, 5.74) is -0.441. The largest absolute Gasteiger partial charge is 0.362 e. The molecule has 0 radical (unpaired) electrons. The lowest BCUT2D eigenvalue weighted by Gasteiger charge is -2.24. The van der Waals surface area contributed by atoms with Crippen molar-refractivity contribution in [2.45, 2.75) is 24.7 Å². The first-order valence-electron chi connectivity index (χ1n) is 8.55. The number of alkyl halides is 2. The number of rotatable bonds is 2. The fourth-order valence-electron chi connectivity index (χ4n) is 3.91. The lowest BCUT2D eigenvalue weighted by Crippen LogP contribution is -2.51. The zero-order valence-corrected chi connectivity index (χ0v) is 14.0. The van der Waals surface area contributed by atoms with E-state index in [2.05, 4.69) is 20.7 Å². The molecule has 11 heteroatoms. The fourth-order valence-corrected chi connectivity index (χ4v) is 3.91. The van der Waals surface area contributed by atoms with Crippen LogP contribution in [0.25, 0.3) is 5.65 Å². The van der Waals surface area contributed by atoms with Gasteiger partial charge in [-0.1, -0.05) is 0 Å². The summed E-state index contributed by atoms with van der Waals surface area (Å²) >= 11 is 0. The monoisotopic (exact) mass is 380 g/mol. The first-order chi connectivity index (χ1) is 12.8. The fraction of sp³-hybridized carbons (Fsp3) is 0.500. The summed E-state index contributed by atoms with van der Waals surface area (Å²) in [5, 5.41) is 8.72. The van der Waals surface area contributed by atoms with Crippen LogP contribution < -0.4 is 15.5 Å². The van der Waals surface area contributed by atoms with Crippen LogP contribution in [0.1, 0.15) is 24.5 Å². The molecule has 8 nitrogen and oxygen atoms in total. The highest BCUT2D eigenvalue weighted by Crippen LogP contribution is 2.61. The van der Waals surface area contributed by atoms with Crippen LogP contribution in [0.15, 0.2) is 12.3 Å². The number of imide groups is 1. The van der Waals surface area contributed by atoms with Gasteiger partial charge in [-0.25, -0.2) is 18.6 Å². The summed E-state index contributed by atoms with van der Waals surface area (Å²) in [5.74, 6) is -5.04. The van der Waals surface area contributed by atoms with Crippen molar-refractivity contribution in [2.75, 3.05) is 24.5 Å². The standard InChI is InChI=1S/C16H15F3N6O2/c17-11-5-20-12-10(24-6-15(1-2-15)16(18,19)7-24)3-9(23-25(11)12)8-4-21-14(27)22-13(8)26/h3,5,8H,1-2,4,6-7H2,(H2,21,22,26,27). The highest BCUT2D eigenvalue weighted by atomic mass is 19.3. The summed E-state index contributed by atoms with van der Waals surface area (Å²) in [6.07, 6.45) is 1.86. The molecule has 0 aromatic carbocycles. The molecule has 1 saturated carbocycles. The molecule has 27 heavy (non-hydrogen) atoms. The van der Waals surface area contributed by atoms with Gasteiger partial charge in [0.05, 0.1) is 35.5 Å². The highest BCUT2D eigenvalue weighted by molar-refractivity contribution is 6.00. The Bertz CT molecular complexity index is 980. The molecule has 1 atom stereocenters. The summed E-state index contributed by atoms with van der Waals surface area (Å²) in [6, 6.07) is 0.863. The van der Waals surface area contributed by atoms with E-state index in [9.17, 15) is 22.8 Å². The van der Waals surface area contributed by atoms with Gasteiger partial charge in [-0.05, 0) is 18.9 Å². The zero-order valence-electron chi connectivity index (χ0n) is 14.0. The third kappa shape index (κ3) is 2.30. The summed E-state index contributed by atoms with van der Waals surface area (Å²) in [4.78, 5) is 28.9. The number of hydrogen-bond donors (Lipinski definition) is 2. The van der Waals surface area contributed by atoms with Gasteiger partial charge >= 0.3 is 6.03 Å². The van der Waals surface area contributed by atoms with Crippen LogP contribution in [0.2, 0.25) is 0 Å². The third-order valence-corrected chi connectivity index (χ3v) is 5.66. The molecule has 1 aliphatic carbocycles. The van der Waals surface area contributed by atoms with E-state index >= 15 is 0 Å². The second-order valence-electron chi connectivity index (χ2n) is 7.36. The van der Waals surface area contributed by atoms with Crippen molar-refractivity contribution in [1.29, 1.82) is 0 Å². The van der Waals surface area contributed by atoms with Crippen LogP contribution in [0.3, 0.4) is 0 Å². The van der Waals surface area contributed by atoms with E-state index < -0.39 is 41.7 Å². The van der Waals surface area contributed by atoms with Gasteiger partial charge in [-0.15, -0.1) is 0 Å². The summed E-state index contributed by atoms with van der Waals surface area (Å²) in [6.45, 7) is -0.367. The van der Waals surface area contributed by atoms with E-state index in [-0.39, 0.29) is 24.4 Å². The minimum Gasteiger partial charge on any atom is -0.362 e. The number of nitrogens with zero attached hydrogens (tertiary/aromatic N) is 4. The van der Waals surface area contributed by atoms with Crippen molar-refractivity contribution in [3.8, 4) is 0 Å². The number of hydrogen-bond acceptors (Lipinski definition) is 5. The molecule has 142 valence electrons. The molecule has 1 spiro atoms. The molecule has 2 aromatic heterocycles. The van der Waals surface area contributed by atoms with Gasteiger partial charge in [0.2, 0.25) is 11.9 Å². The van der Waals surface area contributed by atoms with Crippen LogP contribution in [-0.4, -0.2) is 52.1 Å². The maximum absolute atomic E-state index is 14.4. The second-order valence-corrected chi connectivity index (χ2v) is 7.36. The van der Waals surface area contributed by atoms with E-state index in [1.807, 2.05) is 0 Å². The minimum atomic E-state index is -2.84. The van der Waals surface area contributed by atoms with Crippen molar-refractivity contribution < 1.29 is 22.8 Å². The predicted octanol–water partition coefficient (Wildman–Crippen LogP) is 1.03. The van der Waals surface area contributed by atoms with Crippen molar-refractivity contribution in [3.05, 3.63) is 23.9 Å². The number of anilines is 1. The van der Waals surface area contributed by atoms with E-state index in [1.165, 1.54) is 11.0 Å². The third-order valence-electron chi connectivity index (χ3n) is 5.66. The summed E-state index contributed by atoms with van der Waals surface area (Å²) < 4.78 is 43.9. The minimum absolute atomic E-state index is 0.0149. The normalized spacial score (nSPS) is 25.7. The Morgan fingerprint density at radius 1 is 1.22 bits per heavy atom. The van der Waals surface area contributed by atoms with E-state index in [0.29, 0.717) is 18.5 Å². The SMILES string of the molecule is O=C1NCC(c2cc(N3CC(F)(F)C4(CC4)C3)c3ncc(F)n3n2)C(=O)N1. The zero-order chi connectivity index (χ0) is 19.0. The molecule has 3 fully saturated rings. The van der Waals surface area contributed by atoms with Crippen LogP contribution in [0.4, 0.5) is 23.7 Å². The van der Waals surface area contributed by atoms with Crippen molar-refractivity contribution in [2.24, 2.45) is 5.41 Å². The first-order valence-corrected chi connectivity index (χ1v) is 8.55. The van der Waals surface area contributed by atoms with Crippen molar-refractivity contribution >= 4 is 23.3 Å². The van der Waals surface area contributed by atoms with Crippen LogP contribution in [-0.2, 0) is 4.79 Å². The number of aromatic nitrogens is 3.